The van der Waals surface area contributed by atoms with E-state index in [0.717, 1.165) is 32.1 Å². The molecule has 3 nitrogen and oxygen atoms in total. The first-order valence-electron chi connectivity index (χ1n) is 8.07. The fourth-order valence-corrected chi connectivity index (χ4v) is 4.42. The Labute approximate surface area is 126 Å². The first kappa shape index (κ1) is 14.6. The summed E-state index contributed by atoms with van der Waals surface area (Å²) in [7, 11) is 0. The maximum absolute atomic E-state index is 11.4. The topological polar surface area (TPSA) is 46.5 Å². The van der Waals surface area contributed by atoms with Crippen molar-refractivity contribution in [1.82, 2.24) is 0 Å². The molecule has 0 saturated heterocycles. The summed E-state index contributed by atoms with van der Waals surface area (Å²) in [5.41, 5.74) is 1.32. The van der Waals surface area contributed by atoms with E-state index in [4.69, 9.17) is 4.74 Å². The van der Waals surface area contributed by atoms with E-state index in [2.05, 4.69) is 24.3 Å². The summed E-state index contributed by atoms with van der Waals surface area (Å²) >= 11 is 0. The Kier molecular flexibility index (Phi) is 4.29. The van der Waals surface area contributed by atoms with Gasteiger partial charge in [-0.1, -0.05) is 36.8 Å². The Morgan fingerprint density at radius 1 is 1.14 bits per heavy atom. The van der Waals surface area contributed by atoms with Gasteiger partial charge in [0, 0.05) is 12.8 Å². The number of hydrogen-bond acceptors (Lipinski definition) is 3. The fourth-order valence-electron chi connectivity index (χ4n) is 4.42. The highest BCUT2D eigenvalue weighted by Crippen LogP contribution is 2.49. The predicted octanol–water partition coefficient (Wildman–Crippen LogP) is 3.27. The van der Waals surface area contributed by atoms with Crippen molar-refractivity contribution in [2.45, 2.75) is 57.2 Å². The molecule has 5 atom stereocenters. The van der Waals surface area contributed by atoms with Gasteiger partial charge in [0.25, 0.3) is 0 Å². The molecule has 0 aliphatic heterocycles. The van der Waals surface area contributed by atoms with E-state index < -0.39 is 0 Å². The molecule has 2 aliphatic rings. The van der Waals surface area contributed by atoms with Gasteiger partial charge in [0.05, 0.1) is 6.10 Å². The third-order valence-corrected chi connectivity index (χ3v) is 5.23. The van der Waals surface area contributed by atoms with Gasteiger partial charge < -0.3 is 9.84 Å². The highest BCUT2D eigenvalue weighted by molar-refractivity contribution is 5.66. The molecule has 0 spiro atoms. The zero-order valence-corrected chi connectivity index (χ0v) is 12.6. The number of hydrogen-bond donors (Lipinski definition) is 1. The van der Waals surface area contributed by atoms with Crippen molar-refractivity contribution in [3.05, 3.63) is 35.9 Å². The van der Waals surface area contributed by atoms with Gasteiger partial charge >= 0.3 is 5.97 Å². The van der Waals surface area contributed by atoms with Crippen molar-refractivity contribution in [1.29, 1.82) is 0 Å². The van der Waals surface area contributed by atoms with Crippen LogP contribution in [0.2, 0.25) is 0 Å². The normalized spacial score (nSPS) is 35.8. The molecular formula is C18H24O3. The average Bonchev–Trinajstić information content (AvgIpc) is 2.50. The maximum Gasteiger partial charge on any atom is 0.302 e. The van der Waals surface area contributed by atoms with Crippen molar-refractivity contribution >= 4 is 5.97 Å². The monoisotopic (exact) mass is 288 g/mol. The number of ether oxygens (including phenoxy) is 1. The van der Waals surface area contributed by atoms with Crippen molar-refractivity contribution in [2.75, 3.05) is 0 Å². The van der Waals surface area contributed by atoms with Crippen LogP contribution in [0.15, 0.2) is 30.3 Å². The zero-order valence-electron chi connectivity index (χ0n) is 12.6. The molecule has 3 heteroatoms. The van der Waals surface area contributed by atoms with Gasteiger partial charge in [0.2, 0.25) is 0 Å². The maximum atomic E-state index is 11.4. The lowest BCUT2D eigenvalue weighted by Gasteiger charge is -2.47. The molecule has 0 bridgehead atoms. The molecule has 114 valence electrons. The lowest BCUT2D eigenvalue weighted by molar-refractivity contribution is -0.159. The van der Waals surface area contributed by atoms with Gasteiger partial charge in [0.15, 0.2) is 0 Å². The van der Waals surface area contributed by atoms with Crippen molar-refractivity contribution < 1.29 is 14.6 Å². The third-order valence-electron chi connectivity index (χ3n) is 5.23. The van der Waals surface area contributed by atoms with Gasteiger partial charge in [-0.2, -0.15) is 0 Å². The van der Waals surface area contributed by atoms with Crippen LogP contribution >= 0.6 is 0 Å². The average molecular weight is 288 g/mol. The minimum atomic E-state index is -0.242. The standard InChI is InChI=1S/C18H24O3/c1-12(19)21-17-11-10-16(20)15-9-5-8-14(18(15)17)13-6-3-2-4-7-13/h2-4,6-7,14-18,20H,5,8-11H2,1H3/t14-,15+,16-,17-,18-/m0/s1. The Hall–Kier alpha value is -1.35. The van der Waals surface area contributed by atoms with E-state index in [1.165, 1.54) is 12.5 Å². The summed E-state index contributed by atoms with van der Waals surface area (Å²) in [6, 6.07) is 10.5. The number of carbonyl (C=O) groups excluding carboxylic acids is 1. The van der Waals surface area contributed by atoms with Crippen molar-refractivity contribution in [3.8, 4) is 0 Å². The van der Waals surface area contributed by atoms with Gasteiger partial charge in [-0.3, -0.25) is 4.79 Å². The molecule has 1 N–H and O–H groups in total. The van der Waals surface area contributed by atoms with Crippen LogP contribution in [0.4, 0.5) is 0 Å². The molecule has 0 amide bonds. The van der Waals surface area contributed by atoms with Crippen molar-refractivity contribution in [3.63, 3.8) is 0 Å². The van der Waals surface area contributed by atoms with E-state index in [1.807, 2.05) is 6.07 Å². The number of esters is 1. The second-order valence-electron chi connectivity index (χ2n) is 6.48. The number of fused-ring (bicyclic) bond motifs is 1. The number of carbonyl (C=O) groups is 1. The zero-order chi connectivity index (χ0) is 14.8. The van der Waals surface area contributed by atoms with Crippen LogP contribution in [-0.2, 0) is 9.53 Å². The lowest BCUT2D eigenvalue weighted by atomic mass is 9.61. The molecule has 21 heavy (non-hydrogen) atoms. The quantitative estimate of drug-likeness (QED) is 0.850. The summed E-state index contributed by atoms with van der Waals surface area (Å²) in [4.78, 5) is 11.4. The highest BCUT2D eigenvalue weighted by atomic mass is 16.5. The van der Waals surface area contributed by atoms with Crippen LogP contribution in [0.25, 0.3) is 0 Å². The minimum absolute atomic E-state index is 0.0404. The lowest BCUT2D eigenvalue weighted by Crippen LogP contribution is -2.47. The summed E-state index contributed by atoms with van der Waals surface area (Å²) < 4.78 is 5.61. The number of aliphatic hydroxyl groups is 1. The Balaban J connectivity index is 1.90. The van der Waals surface area contributed by atoms with Crippen LogP contribution in [0, 0.1) is 11.8 Å². The Morgan fingerprint density at radius 2 is 1.90 bits per heavy atom. The van der Waals surface area contributed by atoms with Crippen LogP contribution in [0.3, 0.4) is 0 Å². The SMILES string of the molecule is CC(=O)O[C@H]1CC[C@H](O)[C@H]2CCC[C@@H](c3ccccc3)[C@@H]21. The molecule has 0 aromatic heterocycles. The highest BCUT2D eigenvalue weighted by Gasteiger charge is 2.46. The van der Waals surface area contributed by atoms with Gasteiger partial charge in [0.1, 0.15) is 6.10 Å². The summed E-state index contributed by atoms with van der Waals surface area (Å²) in [5.74, 6) is 0.715. The van der Waals surface area contributed by atoms with E-state index in [9.17, 15) is 9.90 Å². The van der Waals surface area contributed by atoms with Gasteiger partial charge in [-0.25, -0.2) is 0 Å². The van der Waals surface area contributed by atoms with Crippen LogP contribution in [-0.4, -0.2) is 23.3 Å². The number of rotatable bonds is 2. The van der Waals surface area contributed by atoms with Crippen LogP contribution in [0.5, 0.6) is 0 Å². The Morgan fingerprint density at radius 3 is 2.62 bits per heavy atom. The van der Waals surface area contributed by atoms with Gasteiger partial charge in [-0.15, -0.1) is 0 Å². The molecule has 2 saturated carbocycles. The van der Waals surface area contributed by atoms with Crippen molar-refractivity contribution in [2.24, 2.45) is 11.8 Å². The second-order valence-corrected chi connectivity index (χ2v) is 6.48. The minimum Gasteiger partial charge on any atom is -0.462 e. The molecule has 3 rings (SSSR count). The second kappa shape index (κ2) is 6.18. The molecule has 0 radical (unpaired) electrons. The number of aliphatic hydroxyl groups excluding tert-OH is 1. The summed E-state index contributed by atoms with van der Waals surface area (Å²) in [6.45, 7) is 1.49. The van der Waals surface area contributed by atoms with Crippen LogP contribution in [0.1, 0.15) is 50.5 Å². The van der Waals surface area contributed by atoms with Gasteiger partial charge in [-0.05, 0) is 43.1 Å². The predicted molar refractivity (Wildman–Crippen MR) is 80.8 cm³/mol. The van der Waals surface area contributed by atoms with E-state index in [1.54, 1.807) is 0 Å². The fraction of sp³-hybridized carbons (Fsp3) is 0.611. The molecular weight excluding hydrogens is 264 g/mol. The first-order valence-corrected chi connectivity index (χ1v) is 8.07. The van der Waals surface area contributed by atoms with E-state index in [0.29, 0.717) is 5.92 Å². The smallest absolute Gasteiger partial charge is 0.302 e. The molecule has 0 heterocycles. The summed E-state index contributed by atoms with van der Waals surface area (Å²) in [5, 5.41) is 10.4. The van der Waals surface area contributed by atoms with E-state index >= 15 is 0 Å². The first-order chi connectivity index (χ1) is 10.2. The third kappa shape index (κ3) is 2.98. The molecule has 0 unspecified atom stereocenters. The molecule has 2 fully saturated rings. The largest absolute Gasteiger partial charge is 0.462 e. The van der Waals surface area contributed by atoms with Crippen LogP contribution < -0.4 is 0 Å². The number of benzene rings is 1. The summed E-state index contributed by atoms with van der Waals surface area (Å²) in [6.07, 6.45) is 4.56. The van der Waals surface area contributed by atoms with E-state index in [-0.39, 0.29) is 30.0 Å². The Bertz CT molecular complexity index is 484. The molecule has 2 aliphatic carbocycles. The molecule has 1 aromatic rings. The molecule has 1 aromatic carbocycles.